The Balaban J connectivity index is 1.70. The maximum atomic E-state index is 14.9. The van der Waals surface area contributed by atoms with Crippen LogP contribution in [0.15, 0.2) is 65.6 Å². The molecular weight excluding hydrogens is 627 g/mol. The third kappa shape index (κ3) is 4.44. The van der Waals surface area contributed by atoms with Crippen molar-refractivity contribution in [3.8, 4) is 6.07 Å². The van der Waals surface area contributed by atoms with Crippen LogP contribution in [0.1, 0.15) is 45.5 Å². The lowest BCUT2D eigenvalue weighted by Crippen LogP contribution is -2.53. The van der Waals surface area contributed by atoms with Gasteiger partial charge in [-0.15, -0.1) is 0 Å². The second-order valence-corrected chi connectivity index (χ2v) is 12.7. The van der Waals surface area contributed by atoms with Crippen molar-refractivity contribution in [2.24, 2.45) is 0 Å². The number of hydrogen-bond acceptors (Lipinski definition) is 4. The summed E-state index contributed by atoms with van der Waals surface area (Å²) in [5.41, 5.74) is -8.70. The topological polar surface area (TPSA) is 78.2 Å². The summed E-state index contributed by atoms with van der Waals surface area (Å²) in [5, 5.41) is 8.99. The number of alkyl halides is 7. The lowest BCUT2D eigenvalue weighted by atomic mass is 9.76. The SMILES string of the molecule is N#Cc1ccc(C(=O)N2CC[C@@]3(S(=O)(=O)c4ccc(F)cc4)c4ccc(C(F)(C(F)(F)F)C(F)(F)F)cc4CC[C@@H]23)cc1F. The second-order valence-electron chi connectivity index (χ2n) is 10.5. The Labute approximate surface area is 244 Å². The first-order valence-electron chi connectivity index (χ1n) is 12.9. The molecule has 0 N–H and O–H groups in total. The molecule has 1 saturated heterocycles. The standard InChI is InChI=1S/C29H19F9N2O3S/c30-20-5-7-21(8-6-20)44(42,43)26-11-12-40(25(41)17-1-2-18(15-39)23(31)14-17)24(26)10-3-16-13-19(4-9-22(16)26)27(32,28(33,34)35)29(36,37)38/h1-2,4-9,13-14,24H,3,10-12H2/t24-,26-/m1/s1. The van der Waals surface area contributed by atoms with Crippen LogP contribution in [0, 0.1) is 23.0 Å². The third-order valence-electron chi connectivity index (χ3n) is 8.27. The number of halogens is 9. The first kappa shape index (κ1) is 31.4. The van der Waals surface area contributed by atoms with E-state index >= 15 is 0 Å². The number of carbonyl (C=O) groups excluding carboxylic acids is 1. The number of aryl methyl sites for hydroxylation is 1. The molecule has 2 aliphatic rings. The number of nitriles is 1. The summed E-state index contributed by atoms with van der Waals surface area (Å²) in [6.45, 7) is -0.287. The van der Waals surface area contributed by atoms with Crippen molar-refractivity contribution in [3.05, 3.63) is 100 Å². The van der Waals surface area contributed by atoms with Crippen LogP contribution in [-0.4, -0.2) is 44.2 Å². The summed E-state index contributed by atoms with van der Waals surface area (Å²) < 4.78 is 151. The van der Waals surface area contributed by atoms with Gasteiger partial charge >= 0.3 is 18.0 Å². The van der Waals surface area contributed by atoms with Crippen molar-refractivity contribution in [2.45, 2.75) is 53.0 Å². The molecule has 5 rings (SSSR count). The summed E-state index contributed by atoms with van der Waals surface area (Å²) in [6.07, 6.45) is -13.8. The number of fused-ring (bicyclic) bond motifs is 3. The summed E-state index contributed by atoms with van der Waals surface area (Å²) >= 11 is 0. The second kappa shape index (κ2) is 10.3. The molecule has 1 fully saturated rings. The predicted octanol–water partition coefficient (Wildman–Crippen LogP) is 6.66. The van der Waals surface area contributed by atoms with Crippen LogP contribution in [-0.2, 0) is 26.7 Å². The Morgan fingerprint density at radius 1 is 0.909 bits per heavy atom. The van der Waals surface area contributed by atoms with Gasteiger partial charge in [0.2, 0.25) is 0 Å². The molecule has 3 aromatic rings. The maximum Gasteiger partial charge on any atom is 0.435 e. The van der Waals surface area contributed by atoms with Gasteiger partial charge in [-0.25, -0.2) is 21.6 Å². The lowest BCUT2D eigenvalue weighted by molar-refractivity contribution is -0.348. The summed E-state index contributed by atoms with van der Waals surface area (Å²) in [5.74, 6) is -2.66. The summed E-state index contributed by atoms with van der Waals surface area (Å²) in [4.78, 5) is 14.2. The minimum Gasteiger partial charge on any atom is -0.334 e. The van der Waals surface area contributed by atoms with Crippen molar-refractivity contribution < 1.29 is 52.7 Å². The van der Waals surface area contributed by atoms with Crippen molar-refractivity contribution in [1.82, 2.24) is 4.90 Å². The van der Waals surface area contributed by atoms with Gasteiger partial charge in [0.15, 0.2) is 9.84 Å². The van der Waals surface area contributed by atoms with Crippen LogP contribution in [0.5, 0.6) is 0 Å². The molecule has 44 heavy (non-hydrogen) atoms. The molecule has 0 bridgehead atoms. The molecule has 5 nitrogen and oxygen atoms in total. The van der Waals surface area contributed by atoms with E-state index in [9.17, 15) is 52.7 Å². The fraction of sp³-hybridized carbons (Fsp3) is 0.310. The number of rotatable bonds is 4. The molecule has 1 heterocycles. The first-order chi connectivity index (χ1) is 20.4. The smallest absolute Gasteiger partial charge is 0.334 e. The Hall–Kier alpha value is -4.06. The highest BCUT2D eigenvalue weighted by atomic mass is 32.2. The van der Waals surface area contributed by atoms with Gasteiger partial charge in [0.25, 0.3) is 5.91 Å². The summed E-state index contributed by atoms with van der Waals surface area (Å²) in [6, 6.07) is 8.12. The number of nitrogens with zero attached hydrogens (tertiary/aromatic N) is 2. The van der Waals surface area contributed by atoms with E-state index < -0.39 is 73.1 Å². The number of amides is 1. The zero-order chi connectivity index (χ0) is 32.5. The highest BCUT2D eigenvalue weighted by Crippen LogP contribution is 2.56. The van der Waals surface area contributed by atoms with E-state index in [1.54, 1.807) is 6.07 Å². The van der Waals surface area contributed by atoms with Crippen molar-refractivity contribution in [2.75, 3.05) is 6.54 Å². The minimum atomic E-state index is -6.40. The molecule has 232 valence electrons. The van der Waals surface area contributed by atoms with Crippen molar-refractivity contribution in [1.29, 1.82) is 5.26 Å². The van der Waals surface area contributed by atoms with Crippen LogP contribution in [0.3, 0.4) is 0 Å². The highest BCUT2D eigenvalue weighted by Gasteiger charge is 2.73. The molecule has 1 aliphatic heterocycles. The van der Waals surface area contributed by atoms with E-state index in [0.717, 1.165) is 47.4 Å². The number of likely N-dealkylation sites (tertiary alicyclic amines) is 1. The van der Waals surface area contributed by atoms with Gasteiger partial charge in [0.1, 0.15) is 22.5 Å². The van der Waals surface area contributed by atoms with Crippen LogP contribution >= 0.6 is 0 Å². The number of sulfone groups is 1. The van der Waals surface area contributed by atoms with Crippen LogP contribution in [0.25, 0.3) is 0 Å². The summed E-state index contributed by atoms with van der Waals surface area (Å²) in [7, 11) is -4.68. The van der Waals surface area contributed by atoms with Gasteiger partial charge in [-0.3, -0.25) is 4.79 Å². The normalized spacial score (nSPS) is 20.5. The highest BCUT2D eigenvalue weighted by molar-refractivity contribution is 7.92. The van der Waals surface area contributed by atoms with E-state index in [1.165, 1.54) is 0 Å². The van der Waals surface area contributed by atoms with E-state index in [4.69, 9.17) is 5.26 Å². The largest absolute Gasteiger partial charge is 0.435 e. The Morgan fingerprint density at radius 3 is 2.11 bits per heavy atom. The van der Waals surface area contributed by atoms with Crippen LogP contribution in [0.2, 0.25) is 0 Å². The average Bonchev–Trinajstić information content (AvgIpc) is 3.37. The Kier molecular flexibility index (Phi) is 7.31. The fourth-order valence-electron chi connectivity index (χ4n) is 6.20. The average molecular weight is 647 g/mol. The fourth-order valence-corrected chi connectivity index (χ4v) is 8.57. The first-order valence-corrected chi connectivity index (χ1v) is 14.4. The zero-order valence-electron chi connectivity index (χ0n) is 22.1. The number of hydrogen-bond donors (Lipinski definition) is 0. The molecule has 0 saturated carbocycles. The number of benzene rings is 3. The Morgan fingerprint density at radius 2 is 1.55 bits per heavy atom. The lowest BCUT2D eigenvalue weighted by Gasteiger charge is -2.43. The predicted molar refractivity (Wildman–Crippen MR) is 135 cm³/mol. The van der Waals surface area contributed by atoms with Crippen molar-refractivity contribution in [3.63, 3.8) is 0 Å². The van der Waals surface area contributed by atoms with Crippen LogP contribution in [0.4, 0.5) is 39.5 Å². The van der Waals surface area contributed by atoms with Crippen molar-refractivity contribution >= 4 is 15.7 Å². The van der Waals surface area contributed by atoms with Crippen LogP contribution < -0.4 is 0 Å². The number of carbonyl (C=O) groups is 1. The molecule has 1 amide bonds. The van der Waals surface area contributed by atoms with Gasteiger partial charge in [-0.1, -0.05) is 18.2 Å². The van der Waals surface area contributed by atoms with E-state index in [0.29, 0.717) is 12.1 Å². The molecule has 0 spiro atoms. The minimum absolute atomic E-state index is 0.227. The molecule has 2 atom stereocenters. The van der Waals surface area contributed by atoms with Gasteiger partial charge in [-0.2, -0.15) is 31.6 Å². The van der Waals surface area contributed by atoms with E-state index in [-0.39, 0.29) is 47.7 Å². The monoisotopic (exact) mass is 646 g/mol. The van der Waals surface area contributed by atoms with Gasteiger partial charge in [0.05, 0.1) is 16.5 Å². The molecule has 3 aromatic carbocycles. The quantitative estimate of drug-likeness (QED) is 0.235. The van der Waals surface area contributed by atoms with E-state index in [1.807, 2.05) is 0 Å². The van der Waals surface area contributed by atoms with E-state index in [2.05, 4.69) is 0 Å². The third-order valence-corrected chi connectivity index (χ3v) is 10.8. The maximum absolute atomic E-state index is 14.9. The Bertz CT molecular complexity index is 1780. The molecular formula is C29H19F9N2O3S. The van der Waals surface area contributed by atoms with Gasteiger partial charge in [0, 0.05) is 17.7 Å². The zero-order valence-corrected chi connectivity index (χ0v) is 22.9. The molecule has 15 heteroatoms. The molecule has 0 unspecified atom stereocenters. The molecule has 0 radical (unpaired) electrons. The molecule has 0 aromatic heterocycles. The van der Waals surface area contributed by atoms with Gasteiger partial charge in [-0.05, 0) is 72.9 Å². The molecule has 1 aliphatic carbocycles. The van der Waals surface area contributed by atoms with Gasteiger partial charge < -0.3 is 4.90 Å².